The third-order valence-electron chi connectivity index (χ3n) is 6.28. The fourth-order valence-corrected chi connectivity index (χ4v) is 5.75. The number of hydrogen-bond donors (Lipinski definition) is 0. The number of ether oxygens (including phenoxy) is 2. The van der Waals surface area contributed by atoms with Crippen molar-refractivity contribution in [2.24, 2.45) is 4.99 Å². The van der Waals surface area contributed by atoms with E-state index in [-0.39, 0.29) is 29.2 Å². The first-order chi connectivity index (χ1) is 19.2. The molecule has 5 rings (SSSR count). The number of benzene rings is 2. The van der Waals surface area contributed by atoms with Gasteiger partial charge in [-0.25, -0.2) is 9.79 Å². The summed E-state index contributed by atoms with van der Waals surface area (Å²) in [6, 6.07) is 13.8. The Labute approximate surface area is 236 Å². The Hall–Kier alpha value is -4.48. The second-order valence-electron chi connectivity index (χ2n) is 8.67. The van der Waals surface area contributed by atoms with E-state index < -0.39 is 22.5 Å². The zero-order valence-electron chi connectivity index (χ0n) is 21.5. The summed E-state index contributed by atoms with van der Waals surface area (Å²) in [6.45, 7) is 3.54. The van der Waals surface area contributed by atoms with E-state index in [4.69, 9.17) is 25.5 Å². The Morgan fingerprint density at radius 3 is 2.73 bits per heavy atom. The molecule has 0 fully saturated rings. The number of rotatable bonds is 7. The van der Waals surface area contributed by atoms with Crippen molar-refractivity contribution in [1.82, 2.24) is 4.57 Å². The summed E-state index contributed by atoms with van der Waals surface area (Å²) in [4.78, 5) is 42.8. The molecule has 12 heteroatoms. The normalized spacial score (nSPS) is 15.0. The molecule has 3 heterocycles. The smallest absolute Gasteiger partial charge is 0.338 e. The van der Waals surface area contributed by atoms with E-state index in [1.807, 2.05) is 0 Å². The minimum Gasteiger partial charge on any atom is -0.497 e. The summed E-state index contributed by atoms with van der Waals surface area (Å²) in [5.74, 6) is 0.317. The van der Waals surface area contributed by atoms with Gasteiger partial charge in [0.15, 0.2) is 4.80 Å². The van der Waals surface area contributed by atoms with Crippen LogP contribution in [-0.2, 0) is 9.53 Å². The number of halogens is 1. The van der Waals surface area contributed by atoms with Crippen molar-refractivity contribution in [3.8, 4) is 17.1 Å². The minimum absolute atomic E-state index is 0.155. The highest BCUT2D eigenvalue weighted by Gasteiger charge is 2.34. The van der Waals surface area contributed by atoms with Gasteiger partial charge >= 0.3 is 5.97 Å². The number of esters is 1. The SMILES string of the molecule is CCOC(=O)C1=C(C)N=c2s/c(=C\c3ccc(-c4ccc(OC)cc4[N+](=O)[O-])o3)c(=O)n2C1c1ccccc1Cl. The average Bonchev–Trinajstić information content (AvgIpc) is 3.52. The number of allylic oxidation sites excluding steroid dienone is 1. The predicted octanol–water partition coefficient (Wildman–Crippen LogP) is 4.63. The molecule has 2 aromatic carbocycles. The van der Waals surface area contributed by atoms with E-state index >= 15 is 0 Å². The van der Waals surface area contributed by atoms with Gasteiger partial charge in [0.25, 0.3) is 11.2 Å². The van der Waals surface area contributed by atoms with Crippen molar-refractivity contribution in [3.05, 3.63) is 112 Å². The number of furan rings is 1. The second-order valence-corrected chi connectivity index (χ2v) is 10.1. The number of carbonyl (C=O) groups is 1. The maximum atomic E-state index is 13.8. The summed E-state index contributed by atoms with van der Waals surface area (Å²) in [6.07, 6.45) is 1.54. The molecule has 40 heavy (non-hydrogen) atoms. The fourth-order valence-electron chi connectivity index (χ4n) is 4.48. The molecule has 0 aliphatic carbocycles. The number of carbonyl (C=O) groups excluding carboxylic acids is 1. The van der Waals surface area contributed by atoms with Crippen molar-refractivity contribution in [3.63, 3.8) is 0 Å². The van der Waals surface area contributed by atoms with Crippen molar-refractivity contribution in [2.45, 2.75) is 19.9 Å². The van der Waals surface area contributed by atoms with Crippen LogP contribution < -0.4 is 19.6 Å². The molecule has 0 amide bonds. The van der Waals surface area contributed by atoms with E-state index in [9.17, 15) is 19.7 Å². The highest BCUT2D eigenvalue weighted by Crippen LogP contribution is 2.35. The Bertz CT molecular complexity index is 1870. The Morgan fingerprint density at radius 1 is 1.25 bits per heavy atom. The third kappa shape index (κ3) is 4.85. The van der Waals surface area contributed by atoms with Crippen LogP contribution in [0.2, 0.25) is 5.02 Å². The molecular weight excluding hydrogens is 558 g/mol. The van der Waals surface area contributed by atoms with Crippen LogP contribution in [0.25, 0.3) is 17.4 Å². The largest absolute Gasteiger partial charge is 0.497 e. The molecule has 4 aromatic rings. The van der Waals surface area contributed by atoms with Gasteiger partial charge in [0.05, 0.1) is 46.1 Å². The summed E-state index contributed by atoms with van der Waals surface area (Å²) < 4.78 is 18.0. The molecule has 0 saturated carbocycles. The first-order valence-electron chi connectivity index (χ1n) is 12.1. The van der Waals surface area contributed by atoms with Gasteiger partial charge < -0.3 is 13.9 Å². The number of hydrogen-bond acceptors (Lipinski definition) is 9. The van der Waals surface area contributed by atoms with Crippen LogP contribution in [0.15, 0.2) is 80.1 Å². The molecule has 2 aromatic heterocycles. The Balaban J connectivity index is 1.64. The lowest BCUT2D eigenvalue weighted by Gasteiger charge is -2.25. The Kier molecular flexibility index (Phi) is 7.42. The first-order valence-corrected chi connectivity index (χ1v) is 13.3. The molecule has 0 spiro atoms. The van der Waals surface area contributed by atoms with Gasteiger partial charge in [0.2, 0.25) is 0 Å². The van der Waals surface area contributed by atoms with E-state index in [1.165, 1.54) is 29.9 Å². The van der Waals surface area contributed by atoms with E-state index in [0.717, 1.165) is 11.3 Å². The minimum atomic E-state index is -0.847. The van der Waals surface area contributed by atoms with Crippen LogP contribution in [0.1, 0.15) is 31.2 Å². The molecule has 0 saturated heterocycles. The standard InChI is InChI=1S/C28H22ClN3O7S/c1-4-38-27(34)24-15(2)30-28-31(25(24)18-7-5-6-8-20(18)29)26(33)23(40-28)14-17-10-12-22(39-17)19-11-9-16(37-3)13-21(19)32(35)36/h5-14,25H,4H2,1-3H3/b23-14-. The molecule has 1 aliphatic rings. The molecule has 204 valence electrons. The van der Waals surface area contributed by atoms with Crippen LogP contribution in [0.3, 0.4) is 0 Å². The lowest BCUT2D eigenvalue weighted by Crippen LogP contribution is -2.40. The van der Waals surface area contributed by atoms with Crippen molar-refractivity contribution >= 4 is 40.7 Å². The molecule has 0 radical (unpaired) electrons. The molecule has 1 aliphatic heterocycles. The van der Waals surface area contributed by atoms with E-state index in [1.54, 1.807) is 56.3 Å². The van der Waals surface area contributed by atoms with Crippen LogP contribution in [-0.4, -0.2) is 29.2 Å². The number of aromatic nitrogens is 1. The lowest BCUT2D eigenvalue weighted by atomic mass is 9.96. The van der Waals surface area contributed by atoms with Gasteiger partial charge in [0.1, 0.15) is 23.3 Å². The maximum Gasteiger partial charge on any atom is 0.338 e. The highest BCUT2D eigenvalue weighted by molar-refractivity contribution is 7.07. The van der Waals surface area contributed by atoms with Crippen molar-refractivity contribution < 1.29 is 23.6 Å². The zero-order chi connectivity index (χ0) is 28.6. The quantitative estimate of drug-likeness (QED) is 0.177. The molecule has 10 nitrogen and oxygen atoms in total. The van der Waals surface area contributed by atoms with E-state index in [0.29, 0.717) is 37.1 Å². The monoisotopic (exact) mass is 579 g/mol. The number of thiazole rings is 1. The summed E-state index contributed by atoms with van der Waals surface area (Å²) in [7, 11) is 1.42. The maximum absolute atomic E-state index is 13.8. The molecule has 1 atom stereocenters. The average molecular weight is 580 g/mol. The highest BCUT2D eigenvalue weighted by atomic mass is 35.5. The number of nitrogens with zero attached hydrogens (tertiary/aromatic N) is 3. The van der Waals surface area contributed by atoms with Crippen LogP contribution in [0, 0.1) is 10.1 Å². The van der Waals surface area contributed by atoms with E-state index in [2.05, 4.69) is 4.99 Å². The van der Waals surface area contributed by atoms with Crippen LogP contribution >= 0.6 is 22.9 Å². The number of nitro groups is 1. The van der Waals surface area contributed by atoms with Gasteiger partial charge in [-0.15, -0.1) is 0 Å². The topological polar surface area (TPSA) is 126 Å². The summed E-state index contributed by atoms with van der Waals surface area (Å²) in [5.41, 5.74) is 0.878. The van der Waals surface area contributed by atoms with Crippen molar-refractivity contribution in [2.75, 3.05) is 13.7 Å². The fraction of sp³-hybridized carbons (Fsp3) is 0.179. The van der Waals surface area contributed by atoms with Crippen LogP contribution in [0.4, 0.5) is 5.69 Å². The second kappa shape index (κ2) is 10.9. The molecular formula is C28H22ClN3O7S. The van der Waals surface area contributed by atoms with Gasteiger partial charge in [-0.1, -0.05) is 41.1 Å². The molecule has 0 N–H and O–H groups in total. The van der Waals surface area contributed by atoms with Gasteiger partial charge in [0, 0.05) is 11.1 Å². The predicted molar refractivity (Wildman–Crippen MR) is 149 cm³/mol. The van der Waals surface area contributed by atoms with Gasteiger partial charge in [-0.3, -0.25) is 19.5 Å². The number of fused-ring (bicyclic) bond motifs is 1. The summed E-state index contributed by atoms with van der Waals surface area (Å²) >= 11 is 7.65. The van der Waals surface area contributed by atoms with Gasteiger partial charge in [-0.05, 0) is 49.7 Å². The summed E-state index contributed by atoms with van der Waals surface area (Å²) in [5, 5.41) is 12.0. The van der Waals surface area contributed by atoms with Crippen molar-refractivity contribution in [1.29, 1.82) is 0 Å². The Morgan fingerprint density at radius 2 is 2.02 bits per heavy atom. The lowest BCUT2D eigenvalue weighted by molar-refractivity contribution is -0.384. The molecule has 0 bridgehead atoms. The number of methoxy groups -OCH3 is 1. The van der Waals surface area contributed by atoms with Crippen LogP contribution in [0.5, 0.6) is 5.75 Å². The third-order valence-corrected chi connectivity index (χ3v) is 7.61. The molecule has 1 unspecified atom stereocenters. The zero-order valence-corrected chi connectivity index (χ0v) is 23.1. The first kappa shape index (κ1) is 27.1. The van der Waals surface area contributed by atoms with Gasteiger partial charge in [-0.2, -0.15) is 0 Å². The number of nitro benzene ring substituents is 1.